The molecule has 1 aliphatic carbocycles. The molecular weight excluding hydrogens is 979 g/mol. The van der Waals surface area contributed by atoms with E-state index in [0.717, 1.165) is 52.0 Å². The third-order valence-electron chi connectivity index (χ3n) is 15.2. The summed E-state index contributed by atoms with van der Waals surface area (Å²) in [6, 6.07) is 15.8. The van der Waals surface area contributed by atoms with Crippen molar-refractivity contribution in [3.8, 4) is 0 Å². The zero-order valence-electron chi connectivity index (χ0n) is 47.4. The number of hydrogen-bond acceptors (Lipinski definition) is 10. The Morgan fingerprint density at radius 3 is 1.95 bits per heavy atom. The van der Waals surface area contributed by atoms with Crippen LogP contribution >= 0.6 is 0 Å². The number of nitrogens with zero attached hydrogens (tertiary/aromatic N) is 3. The zero-order chi connectivity index (χ0) is 56.9. The molecule has 3 aromatic rings. The molecule has 0 bridgehead atoms. The summed E-state index contributed by atoms with van der Waals surface area (Å²) in [6.45, 7) is 19.4. The molecule has 2 aliphatic heterocycles. The lowest BCUT2D eigenvalue weighted by Gasteiger charge is -2.42. The summed E-state index contributed by atoms with van der Waals surface area (Å²) in [6.07, 6.45) is 2.24. The first-order chi connectivity index (χ1) is 36.0. The van der Waals surface area contributed by atoms with Crippen LogP contribution in [-0.4, -0.2) is 131 Å². The maximum Gasteiger partial charge on any atom is 0.410 e. The smallest absolute Gasteiger partial charge is 0.410 e. The minimum atomic E-state index is -1.18. The Hall–Kier alpha value is -6.82. The molecule has 3 aromatic carbocycles. The molecule has 8 amide bonds. The van der Waals surface area contributed by atoms with Crippen molar-refractivity contribution in [3.05, 3.63) is 106 Å². The molecule has 7 N–H and O–H groups in total. The van der Waals surface area contributed by atoms with Crippen molar-refractivity contribution < 1.29 is 43.1 Å². The second-order valence-corrected chi connectivity index (χ2v) is 24.4. The molecule has 18 heteroatoms. The van der Waals surface area contributed by atoms with Crippen LogP contribution in [0.15, 0.2) is 72.8 Å². The number of likely N-dealkylation sites (N-methyl/N-ethyl adjacent to an activating group) is 2. The van der Waals surface area contributed by atoms with Crippen LogP contribution in [0.25, 0.3) is 0 Å². The van der Waals surface area contributed by atoms with Crippen molar-refractivity contribution in [2.45, 2.75) is 181 Å². The summed E-state index contributed by atoms with van der Waals surface area (Å²) in [7, 11) is 3.10. The fourth-order valence-electron chi connectivity index (χ4n) is 10.4. The maximum atomic E-state index is 15.2. The van der Waals surface area contributed by atoms with Crippen molar-refractivity contribution >= 4 is 47.4 Å². The molecule has 1 fully saturated rings. The van der Waals surface area contributed by atoms with E-state index in [9.17, 15) is 28.8 Å². The number of nitrogens with two attached hydrogens (primary N) is 1. The monoisotopic (exact) mass is 1060 g/mol. The van der Waals surface area contributed by atoms with Gasteiger partial charge in [-0.2, -0.15) is 0 Å². The fraction of sp³-hybridized carbons (Fsp3) is 0.559. The lowest BCUT2D eigenvalue weighted by molar-refractivity contribution is -0.147. The van der Waals surface area contributed by atoms with Crippen molar-refractivity contribution in [1.82, 2.24) is 41.3 Å². The standard InChI is InChI=1S/C59H83N9O9/c1-34(61-12)50(70)64-47(57(3,4)5)54(74)67-32-40-29-38(26-27-39(40)30-45(67)52(72)62-43-25-19-23-37-22-17-18-24-42(37)43)41-31-46(53(73)63-44(49(60)69)28-36-20-15-14-16-21-36)68(33-41)55(75)48(58(6,7)8)65-51(71)35(2)66(13)56(76)77-59(9,10)11/h14-18,20-22,24,26-27,29,34-35,41,43-48,61H,19,23,25,28,30-33H2,1-13H3,(H2,60,69)(H,62,72)(H,63,73)(H,64,70)(H,65,71)/t34-,35-,41-,43+,44-,45-,46-,47+,48+/m0/s1. The lowest BCUT2D eigenvalue weighted by atomic mass is 9.83. The van der Waals surface area contributed by atoms with Gasteiger partial charge in [0.25, 0.3) is 0 Å². The SMILES string of the molecule is CN[C@@H](C)C(=O)N[C@H](C(=O)N1Cc2cc([C@H]3C[C@@H](C(=O)N[C@@H](Cc4ccccc4)C(N)=O)N(C(=O)[C@@H](NC(=O)[C@H](C)N(C)C(=O)OC(C)(C)C)C(C)(C)C)C3)ccc2C[C@H]1C(=O)N[C@@H]1CCCc2ccccc21)C(C)(C)C. The van der Waals surface area contributed by atoms with Gasteiger partial charge in [-0.15, -0.1) is 0 Å². The summed E-state index contributed by atoms with van der Waals surface area (Å²) < 4.78 is 5.51. The third-order valence-corrected chi connectivity index (χ3v) is 15.2. The molecule has 6 rings (SSSR count). The molecule has 0 saturated carbocycles. The Morgan fingerprint density at radius 2 is 1.34 bits per heavy atom. The second kappa shape index (κ2) is 24.2. The van der Waals surface area contributed by atoms with Crippen LogP contribution in [0.5, 0.6) is 0 Å². The Bertz CT molecular complexity index is 2670. The number of nitrogens with one attached hydrogen (secondary N) is 5. The zero-order valence-corrected chi connectivity index (χ0v) is 47.4. The molecule has 418 valence electrons. The van der Waals surface area contributed by atoms with Crippen LogP contribution in [0.2, 0.25) is 0 Å². The number of carbonyl (C=O) groups is 8. The highest BCUT2D eigenvalue weighted by atomic mass is 16.6. The minimum absolute atomic E-state index is 0.0263. The van der Waals surface area contributed by atoms with Crippen LogP contribution in [-0.2, 0) is 64.1 Å². The van der Waals surface area contributed by atoms with Gasteiger partial charge < -0.3 is 46.9 Å². The molecule has 0 unspecified atom stereocenters. The Kier molecular flexibility index (Phi) is 18.7. The third kappa shape index (κ3) is 14.6. The molecule has 0 radical (unpaired) electrons. The van der Waals surface area contributed by atoms with Crippen LogP contribution in [0.1, 0.15) is 141 Å². The van der Waals surface area contributed by atoms with Crippen molar-refractivity contribution in [3.63, 3.8) is 0 Å². The first kappa shape index (κ1) is 59.4. The number of carbonyl (C=O) groups excluding carboxylic acids is 8. The van der Waals surface area contributed by atoms with E-state index in [-0.39, 0.29) is 50.2 Å². The van der Waals surface area contributed by atoms with E-state index in [1.165, 1.54) is 24.4 Å². The summed E-state index contributed by atoms with van der Waals surface area (Å²) >= 11 is 0. The van der Waals surface area contributed by atoms with Gasteiger partial charge in [-0.25, -0.2) is 4.79 Å². The quantitative estimate of drug-likeness (QED) is 0.113. The predicted octanol–water partition coefficient (Wildman–Crippen LogP) is 4.96. The van der Waals surface area contributed by atoms with E-state index in [2.05, 4.69) is 32.7 Å². The molecule has 9 atom stereocenters. The van der Waals surface area contributed by atoms with Gasteiger partial charge in [0.05, 0.1) is 12.1 Å². The van der Waals surface area contributed by atoms with E-state index < -0.39 is 100 Å². The van der Waals surface area contributed by atoms with Gasteiger partial charge in [-0.3, -0.25) is 38.5 Å². The number of rotatable bonds is 16. The number of hydrogen-bond donors (Lipinski definition) is 6. The molecule has 0 aromatic heterocycles. The molecule has 18 nitrogen and oxygen atoms in total. The highest BCUT2D eigenvalue weighted by molar-refractivity contribution is 5.97. The molecular formula is C59H83N9O9. The number of amides is 8. The highest BCUT2D eigenvalue weighted by Crippen LogP contribution is 2.38. The van der Waals surface area contributed by atoms with Crippen molar-refractivity contribution in [2.75, 3.05) is 20.6 Å². The predicted molar refractivity (Wildman–Crippen MR) is 294 cm³/mol. The fourth-order valence-corrected chi connectivity index (χ4v) is 10.4. The second-order valence-electron chi connectivity index (χ2n) is 24.4. The molecule has 1 saturated heterocycles. The topological polar surface area (TPSA) is 242 Å². The Balaban J connectivity index is 1.36. The van der Waals surface area contributed by atoms with Gasteiger partial charge >= 0.3 is 6.09 Å². The highest BCUT2D eigenvalue weighted by Gasteiger charge is 2.48. The van der Waals surface area contributed by atoms with Crippen molar-refractivity contribution in [2.24, 2.45) is 16.6 Å². The Morgan fingerprint density at radius 1 is 0.727 bits per heavy atom. The molecule has 0 spiro atoms. The average Bonchev–Trinajstić information content (AvgIpc) is 3.83. The van der Waals surface area contributed by atoms with Gasteiger partial charge in [-0.05, 0) is 112 Å². The number of likely N-dealkylation sites (tertiary alicyclic amines) is 1. The van der Waals surface area contributed by atoms with E-state index >= 15 is 9.59 Å². The first-order valence-corrected chi connectivity index (χ1v) is 27.0. The van der Waals surface area contributed by atoms with E-state index in [0.29, 0.717) is 0 Å². The summed E-state index contributed by atoms with van der Waals surface area (Å²) in [4.78, 5) is 117. The number of aryl methyl sites for hydroxylation is 1. The van der Waals surface area contributed by atoms with E-state index in [1.807, 2.05) is 87.5 Å². The van der Waals surface area contributed by atoms with Gasteiger partial charge in [0.1, 0.15) is 41.9 Å². The summed E-state index contributed by atoms with van der Waals surface area (Å²) in [5.74, 6) is -4.07. The largest absolute Gasteiger partial charge is 0.444 e. The van der Waals surface area contributed by atoms with Gasteiger partial charge in [-0.1, -0.05) is 114 Å². The van der Waals surface area contributed by atoms with Gasteiger partial charge in [0.2, 0.25) is 41.4 Å². The van der Waals surface area contributed by atoms with Gasteiger partial charge in [0.15, 0.2) is 0 Å². The number of fused-ring (bicyclic) bond motifs is 2. The number of primary amides is 1. The average molecular weight is 1060 g/mol. The number of ether oxygens (including phenoxy) is 1. The summed E-state index contributed by atoms with van der Waals surface area (Å²) in [5.41, 5.74) is 8.77. The molecule has 2 heterocycles. The molecule has 77 heavy (non-hydrogen) atoms. The van der Waals surface area contributed by atoms with Gasteiger partial charge in [0, 0.05) is 38.9 Å². The Labute approximate surface area is 454 Å². The van der Waals surface area contributed by atoms with E-state index in [4.69, 9.17) is 10.5 Å². The van der Waals surface area contributed by atoms with Crippen LogP contribution in [0.4, 0.5) is 4.79 Å². The van der Waals surface area contributed by atoms with Crippen LogP contribution < -0.4 is 32.3 Å². The van der Waals surface area contributed by atoms with Crippen molar-refractivity contribution in [1.29, 1.82) is 0 Å². The van der Waals surface area contributed by atoms with E-state index in [1.54, 1.807) is 60.4 Å². The maximum absolute atomic E-state index is 15.2. The van der Waals surface area contributed by atoms with Crippen LogP contribution in [0, 0.1) is 10.8 Å². The molecule has 3 aliphatic rings. The summed E-state index contributed by atoms with van der Waals surface area (Å²) in [5, 5.41) is 15.0. The lowest BCUT2D eigenvalue weighted by Crippen LogP contribution is -2.62. The first-order valence-electron chi connectivity index (χ1n) is 27.0. The minimum Gasteiger partial charge on any atom is -0.444 e. The number of benzene rings is 3. The normalized spacial score (nSPS) is 20.4. The van der Waals surface area contributed by atoms with Crippen LogP contribution in [0.3, 0.4) is 0 Å².